The summed E-state index contributed by atoms with van der Waals surface area (Å²) in [5.41, 5.74) is 4.32. The zero-order valence-corrected chi connectivity index (χ0v) is 12.3. The number of Topliss-reactive ketones (excluding diaryl/α,β-unsaturated/α-hetero) is 1. The van der Waals surface area contributed by atoms with Gasteiger partial charge >= 0.3 is 0 Å². The molecule has 0 atom stereocenters. The Balaban J connectivity index is 1.98. The van der Waals surface area contributed by atoms with Gasteiger partial charge in [0, 0.05) is 5.56 Å². The van der Waals surface area contributed by atoms with Crippen molar-refractivity contribution in [1.82, 2.24) is 0 Å². The lowest BCUT2D eigenvalue weighted by molar-refractivity contribution is 0.0921. The summed E-state index contributed by atoms with van der Waals surface area (Å²) < 4.78 is 5.57. The maximum atomic E-state index is 12.0. The maximum Gasteiger partial charge on any atom is 0.200 e. The van der Waals surface area contributed by atoms with Gasteiger partial charge in [-0.1, -0.05) is 37.3 Å². The molecule has 0 bridgehead atoms. The van der Waals surface area contributed by atoms with Gasteiger partial charge in [-0.3, -0.25) is 4.79 Å². The SMILES string of the molecule is CCc1ccc(C(=O)COc2ccc(C)c(C)c2)cc1. The maximum absolute atomic E-state index is 12.0. The minimum absolute atomic E-state index is 0.00545. The Morgan fingerprint density at radius 3 is 2.30 bits per heavy atom. The molecule has 20 heavy (non-hydrogen) atoms. The Labute approximate surface area is 120 Å². The summed E-state index contributed by atoms with van der Waals surface area (Å²) in [7, 11) is 0. The van der Waals surface area contributed by atoms with E-state index in [4.69, 9.17) is 4.74 Å². The molecule has 0 N–H and O–H groups in total. The zero-order valence-electron chi connectivity index (χ0n) is 12.3. The Morgan fingerprint density at radius 2 is 1.70 bits per heavy atom. The number of ether oxygens (including phenoxy) is 1. The van der Waals surface area contributed by atoms with Crippen LogP contribution >= 0.6 is 0 Å². The van der Waals surface area contributed by atoms with Crippen LogP contribution in [-0.4, -0.2) is 12.4 Å². The van der Waals surface area contributed by atoms with Crippen LogP contribution < -0.4 is 4.74 Å². The van der Waals surface area contributed by atoms with Crippen molar-refractivity contribution < 1.29 is 9.53 Å². The van der Waals surface area contributed by atoms with Gasteiger partial charge in [0.25, 0.3) is 0 Å². The van der Waals surface area contributed by atoms with E-state index in [0.29, 0.717) is 5.56 Å². The summed E-state index contributed by atoms with van der Waals surface area (Å²) in [6.45, 7) is 6.26. The molecule has 2 heteroatoms. The standard InChI is InChI=1S/C18H20O2/c1-4-15-6-8-16(9-7-15)18(19)12-20-17-10-5-13(2)14(3)11-17/h5-11H,4,12H2,1-3H3. The number of hydrogen-bond acceptors (Lipinski definition) is 2. The predicted molar refractivity (Wildman–Crippen MR) is 81.6 cm³/mol. The lowest BCUT2D eigenvalue weighted by Crippen LogP contribution is -2.11. The molecule has 0 fully saturated rings. The molecule has 2 nitrogen and oxygen atoms in total. The summed E-state index contributed by atoms with van der Waals surface area (Å²) in [5, 5.41) is 0. The molecule has 0 aliphatic heterocycles. The molecule has 0 aromatic heterocycles. The molecule has 0 radical (unpaired) electrons. The number of aryl methyl sites for hydroxylation is 3. The smallest absolute Gasteiger partial charge is 0.200 e. The predicted octanol–water partition coefficient (Wildman–Crippen LogP) is 4.13. The van der Waals surface area contributed by atoms with Gasteiger partial charge in [0.15, 0.2) is 12.4 Å². The van der Waals surface area contributed by atoms with Crippen LogP contribution in [0.4, 0.5) is 0 Å². The third-order valence-corrected chi connectivity index (χ3v) is 3.53. The lowest BCUT2D eigenvalue weighted by Gasteiger charge is -2.08. The van der Waals surface area contributed by atoms with Crippen molar-refractivity contribution in [2.75, 3.05) is 6.61 Å². The van der Waals surface area contributed by atoms with Crippen molar-refractivity contribution in [2.24, 2.45) is 0 Å². The molecule has 0 heterocycles. The van der Waals surface area contributed by atoms with Gasteiger partial charge < -0.3 is 4.74 Å². The first kappa shape index (κ1) is 14.3. The number of carbonyl (C=O) groups is 1. The first-order valence-electron chi connectivity index (χ1n) is 6.92. The number of carbonyl (C=O) groups excluding carboxylic acids is 1. The van der Waals surface area contributed by atoms with E-state index in [1.165, 1.54) is 16.7 Å². The molecule has 0 amide bonds. The summed E-state index contributed by atoms with van der Waals surface area (Å²) in [6, 6.07) is 13.6. The lowest BCUT2D eigenvalue weighted by atomic mass is 10.1. The fraction of sp³-hybridized carbons (Fsp3) is 0.278. The van der Waals surface area contributed by atoms with Crippen LogP contribution in [-0.2, 0) is 6.42 Å². The summed E-state index contributed by atoms with van der Waals surface area (Å²) in [6.07, 6.45) is 0.980. The van der Waals surface area contributed by atoms with Crippen molar-refractivity contribution >= 4 is 5.78 Å². The quantitative estimate of drug-likeness (QED) is 0.762. The van der Waals surface area contributed by atoms with Crippen LogP contribution in [0.5, 0.6) is 5.75 Å². The Kier molecular flexibility index (Phi) is 4.57. The van der Waals surface area contributed by atoms with Gasteiger partial charge in [-0.15, -0.1) is 0 Å². The van der Waals surface area contributed by atoms with E-state index in [1.54, 1.807) is 0 Å². The molecular formula is C18H20O2. The van der Waals surface area contributed by atoms with Gasteiger partial charge in [0.2, 0.25) is 0 Å². The van der Waals surface area contributed by atoms with Crippen LogP contribution in [0.15, 0.2) is 42.5 Å². The number of benzene rings is 2. The van der Waals surface area contributed by atoms with Gasteiger partial charge in [-0.05, 0) is 49.1 Å². The zero-order chi connectivity index (χ0) is 14.5. The van der Waals surface area contributed by atoms with E-state index in [1.807, 2.05) is 49.4 Å². The monoisotopic (exact) mass is 268 g/mol. The molecule has 0 aliphatic carbocycles. The Bertz CT molecular complexity index is 597. The van der Waals surface area contributed by atoms with Crippen molar-refractivity contribution in [2.45, 2.75) is 27.2 Å². The fourth-order valence-electron chi connectivity index (χ4n) is 1.96. The van der Waals surface area contributed by atoms with Crippen LogP contribution in [0.2, 0.25) is 0 Å². The molecule has 2 rings (SSSR count). The van der Waals surface area contributed by atoms with Crippen LogP contribution in [0, 0.1) is 13.8 Å². The molecule has 0 saturated heterocycles. The first-order chi connectivity index (χ1) is 9.60. The molecule has 0 unspecified atom stereocenters. The van der Waals surface area contributed by atoms with E-state index in [9.17, 15) is 4.79 Å². The molecule has 0 spiro atoms. The molecule has 0 saturated carbocycles. The second-order valence-electron chi connectivity index (χ2n) is 5.01. The fourth-order valence-corrected chi connectivity index (χ4v) is 1.96. The van der Waals surface area contributed by atoms with Crippen LogP contribution in [0.1, 0.15) is 34.0 Å². The highest BCUT2D eigenvalue weighted by molar-refractivity contribution is 5.97. The minimum Gasteiger partial charge on any atom is -0.485 e. The average Bonchev–Trinajstić information content (AvgIpc) is 2.48. The molecular weight excluding hydrogens is 248 g/mol. The summed E-state index contributed by atoms with van der Waals surface area (Å²) in [5.74, 6) is 0.748. The van der Waals surface area contributed by atoms with Gasteiger partial charge in [0.1, 0.15) is 5.75 Å². The number of ketones is 1. The Hall–Kier alpha value is -2.09. The second kappa shape index (κ2) is 6.38. The average molecular weight is 268 g/mol. The van der Waals surface area contributed by atoms with E-state index in [0.717, 1.165) is 12.2 Å². The van der Waals surface area contributed by atoms with Gasteiger partial charge in [-0.2, -0.15) is 0 Å². The number of hydrogen-bond donors (Lipinski definition) is 0. The highest BCUT2D eigenvalue weighted by Gasteiger charge is 2.07. The van der Waals surface area contributed by atoms with Gasteiger partial charge in [0.05, 0.1) is 0 Å². The summed E-state index contributed by atoms with van der Waals surface area (Å²) in [4.78, 5) is 12.0. The van der Waals surface area contributed by atoms with Crippen molar-refractivity contribution in [1.29, 1.82) is 0 Å². The van der Waals surface area contributed by atoms with Crippen molar-refractivity contribution in [3.63, 3.8) is 0 Å². The summed E-state index contributed by atoms with van der Waals surface area (Å²) >= 11 is 0. The Morgan fingerprint density at radius 1 is 1.00 bits per heavy atom. The largest absolute Gasteiger partial charge is 0.485 e. The van der Waals surface area contributed by atoms with Crippen molar-refractivity contribution in [3.8, 4) is 5.75 Å². The van der Waals surface area contributed by atoms with Crippen molar-refractivity contribution in [3.05, 3.63) is 64.7 Å². The highest BCUT2D eigenvalue weighted by atomic mass is 16.5. The van der Waals surface area contributed by atoms with E-state index in [2.05, 4.69) is 13.8 Å². The van der Waals surface area contributed by atoms with Gasteiger partial charge in [-0.25, -0.2) is 0 Å². The molecule has 0 aliphatic rings. The number of rotatable bonds is 5. The molecule has 2 aromatic carbocycles. The van der Waals surface area contributed by atoms with Crippen LogP contribution in [0.25, 0.3) is 0 Å². The minimum atomic E-state index is 0.00545. The first-order valence-corrected chi connectivity index (χ1v) is 6.92. The normalized spacial score (nSPS) is 10.3. The third-order valence-electron chi connectivity index (χ3n) is 3.53. The molecule has 104 valence electrons. The van der Waals surface area contributed by atoms with E-state index < -0.39 is 0 Å². The molecule has 2 aromatic rings. The van der Waals surface area contributed by atoms with E-state index in [-0.39, 0.29) is 12.4 Å². The second-order valence-corrected chi connectivity index (χ2v) is 5.01. The topological polar surface area (TPSA) is 26.3 Å². The van der Waals surface area contributed by atoms with E-state index >= 15 is 0 Å². The highest BCUT2D eigenvalue weighted by Crippen LogP contribution is 2.16. The van der Waals surface area contributed by atoms with Crippen LogP contribution in [0.3, 0.4) is 0 Å². The third kappa shape index (κ3) is 3.47.